The Kier molecular flexibility index (Phi) is 4.74. The van der Waals surface area contributed by atoms with Crippen molar-refractivity contribution >= 4 is 40.7 Å². The van der Waals surface area contributed by atoms with Crippen LogP contribution < -0.4 is 14.7 Å². The van der Waals surface area contributed by atoms with Gasteiger partial charge >= 0.3 is 0 Å². The average molecular weight is 500 g/mol. The molecular weight excluding hydrogens is 466 g/mol. The highest BCUT2D eigenvalue weighted by molar-refractivity contribution is 6.25. The Morgan fingerprint density at radius 2 is 0.919 bits per heavy atom. The lowest BCUT2D eigenvalue weighted by molar-refractivity contribution is -0.124. The molecule has 2 aliphatic heterocycles. The lowest BCUT2D eigenvalue weighted by Crippen LogP contribution is -2.38. The van der Waals surface area contributed by atoms with Gasteiger partial charge < -0.3 is 4.90 Å². The minimum atomic E-state index is -0.308. The lowest BCUT2D eigenvalue weighted by atomic mass is 9.85. The number of hydrogen-bond acceptors (Lipinski definition) is 5. The highest BCUT2D eigenvalue weighted by Crippen LogP contribution is 2.55. The van der Waals surface area contributed by atoms with Gasteiger partial charge in [0.1, 0.15) is 0 Å². The van der Waals surface area contributed by atoms with E-state index in [4.69, 9.17) is 0 Å². The van der Waals surface area contributed by atoms with Crippen molar-refractivity contribution in [2.45, 2.75) is 52.6 Å². The van der Waals surface area contributed by atoms with Gasteiger partial charge in [-0.15, -0.1) is 0 Å². The van der Waals surface area contributed by atoms with Gasteiger partial charge in [0.25, 0.3) is 0 Å². The highest BCUT2D eigenvalue weighted by atomic mass is 16.2. The number of carbonyl (C=O) groups is 4. The Morgan fingerprint density at radius 3 is 1.22 bits per heavy atom. The van der Waals surface area contributed by atoms with Gasteiger partial charge in [0.15, 0.2) is 0 Å². The van der Waals surface area contributed by atoms with Crippen LogP contribution in [0.1, 0.15) is 40.5 Å². The van der Waals surface area contributed by atoms with E-state index in [-0.39, 0.29) is 83.1 Å². The molecule has 0 N–H and O–H groups in total. The molecule has 4 bridgehead atoms. The summed E-state index contributed by atoms with van der Waals surface area (Å²) in [6, 6.07) is 5.74. The van der Waals surface area contributed by atoms with E-state index in [0.29, 0.717) is 11.4 Å². The first-order valence-electron chi connectivity index (χ1n) is 13.7. The smallest absolute Gasteiger partial charge is 0.238 e. The van der Waals surface area contributed by atoms with Crippen molar-refractivity contribution in [2.75, 3.05) is 14.7 Å². The van der Waals surface area contributed by atoms with Crippen LogP contribution in [-0.4, -0.2) is 35.7 Å². The minimum absolute atomic E-state index is 0.117. The second-order valence-electron chi connectivity index (χ2n) is 12.3. The molecule has 4 fully saturated rings. The third-order valence-electron chi connectivity index (χ3n) is 9.76. The van der Waals surface area contributed by atoms with Crippen LogP contribution in [0, 0.1) is 47.3 Å². The normalized spacial score (nSPS) is 36.8. The van der Waals surface area contributed by atoms with Gasteiger partial charge in [0.05, 0.1) is 35.0 Å². The zero-order valence-electron chi connectivity index (χ0n) is 21.7. The summed E-state index contributed by atoms with van der Waals surface area (Å²) in [5.41, 5.74) is 1.72. The zero-order valence-corrected chi connectivity index (χ0v) is 21.7. The van der Waals surface area contributed by atoms with Gasteiger partial charge in [0.2, 0.25) is 23.6 Å². The fourth-order valence-corrected chi connectivity index (χ4v) is 8.49. The quantitative estimate of drug-likeness (QED) is 0.453. The van der Waals surface area contributed by atoms with Crippen LogP contribution in [0.3, 0.4) is 0 Å². The molecule has 0 radical (unpaired) electrons. The van der Waals surface area contributed by atoms with Crippen molar-refractivity contribution < 1.29 is 19.2 Å². The third-order valence-corrected chi connectivity index (χ3v) is 9.76. The van der Waals surface area contributed by atoms with E-state index in [1.165, 1.54) is 9.80 Å². The van der Waals surface area contributed by atoms with E-state index in [1.807, 2.05) is 12.1 Å². The van der Waals surface area contributed by atoms with Gasteiger partial charge in [-0.3, -0.25) is 19.2 Å². The van der Waals surface area contributed by atoms with Crippen LogP contribution in [-0.2, 0) is 19.2 Å². The standard InChI is InChI=1S/C30H33N3O4/c1-14(2)31(15(3)4)20-11-21(32-27(34)23-16-5-6-17(9-16)24(23)28(32)35)13-22(12-20)33-29(36)25-18-7-8-19(10-18)26(25)30(33)37/h5-8,11-19,23-26H,9-10H2,1-4H3. The van der Waals surface area contributed by atoms with Crippen molar-refractivity contribution in [3.05, 3.63) is 42.5 Å². The summed E-state index contributed by atoms with van der Waals surface area (Å²) in [6.45, 7) is 8.36. The Bertz CT molecular complexity index is 1160. The molecule has 7 rings (SSSR count). The number of imide groups is 2. The maximum absolute atomic E-state index is 13.7. The Hall–Kier alpha value is -3.22. The van der Waals surface area contributed by atoms with Crippen molar-refractivity contribution in [3.8, 4) is 0 Å². The molecule has 37 heavy (non-hydrogen) atoms. The third kappa shape index (κ3) is 2.94. The summed E-state index contributed by atoms with van der Waals surface area (Å²) >= 11 is 0. The maximum atomic E-state index is 13.7. The minimum Gasteiger partial charge on any atom is -0.367 e. The van der Waals surface area contributed by atoms with Gasteiger partial charge in [-0.1, -0.05) is 24.3 Å². The number of hydrogen-bond donors (Lipinski definition) is 0. The number of carbonyl (C=O) groups excluding carboxylic acids is 4. The SMILES string of the molecule is CC(C)N(c1cc(N2C(=O)C3C4C=CC(C4)C3C2=O)cc(N2C(=O)C3C4C=CC(C4)C3C2=O)c1)C(C)C. The van der Waals surface area contributed by atoms with Gasteiger partial charge in [0, 0.05) is 17.8 Å². The molecule has 192 valence electrons. The van der Waals surface area contributed by atoms with Gasteiger partial charge in [-0.25, -0.2) is 9.80 Å². The van der Waals surface area contributed by atoms with Crippen LogP contribution in [0.5, 0.6) is 0 Å². The van der Waals surface area contributed by atoms with E-state index in [0.717, 1.165) is 18.5 Å². The first kappa shape index (κ1) is 22.9. The predicted octanol–water partition coefficient (Wildman–Crippen LogP) is 3.93. The van der Waals surface area contributed by atoms with Crippen molar-refractivity contribution in [1.82, 2.24) is 0 Å². The molecule has 4 aliphatic carbocycles. The Morgan fingerprint density at radius 1 is 0.595 bits per heavy atom. The van der Waals surface area contributed by atoms with E-state index in [1.54, 1.807) is 6.07 Å². The molecule has 1 aromatic rings. The van der Waals surface area contributed by atoms with Crippen LogP contribution in [0.2, 0.25) is 0 Å². The van der Waals surface area contributed by atoms with E-state index < -0.39 is 0 Å². The van der Waals surface area contributed by atoms with Crippen molar-refractivity contribution in [3.63, 3.8) is 0 Å². The Balaban J connectivity index is 1.33. The van der Waals surface area contributed by atoms with E-state index >= 15 is 0 Å². The topological polar surface area (TPSA) is 78.0 Å². The fraction of sp³-hybridized carbons (Fsp3) is 0.533. The van der Waals surface area contributed by atoms with Crippen molar-refractivity contribution in [1.29, 1.82) is 0 Å². The van der Waals surface area contributed by atoms with E-state index in [9.17, 15) is 19.2 Å². The molecule has 0 spiro atoms. The summed E-state index contributed by atoms with van der Waals surface area (Å²) < 4.78 is 0. The molecule has 4 amide bonds. The number of amides is 4. The Labute approximate surface area is 217 Å². The van der Waals surface area contributed by atoms with Crippen LogP contribution in [0.25, 0.3) is 0 Å². The number of anilines is 3. The highest BCUT2D eigenvalue weighted by Gasteiger charge is 2.61. The number of rotatable bonds is 5. The van der Waals surface area contributed by atoms with Crippen LogP contribution >= 0.6 is 0 Å². The molecule has 8 unspecified atom stereocenters. The van der Waals surface area contributed by atoms with E-state index in [2.05, 4.69) is 56.9 Å². The summed E-state index contributed by atoms with van der Waals surface area (Å²) in [4.78, 5) is 59.5. The predicted molar refractivity (Wildman–Crippen MR) is 140 cm³/mol. The molecule has 8 atom stereocenters. The molecule has 7 nitrogen and oxygen atoms in total. The molecule has 2 saturated heterocycles. The maximum Gasteiger partial charge on any atom is 0.238 e. The molecule has 1 aromatic carbocycles. The van der Waals surface area contributed by atoms with Crippen LogP contribution in [0.4, 0.5) is 17.1 Å². The zero-order chi connectivity index (χ0) is 25.9. The number of benzene rings is 1. The number of allylic oxidation sites excluding steroid dienone is 4. The first-order chi connectivity index (χ1) is 17.7. The average Bonchev–Trinajstić information content (AvgIpc) is 3.66. The van der Waals surface area contributed by atoms with Crippen LogP contribution in [0.15, 0.2) is 42.5 Å². The number of nitrogens with zero attached hydrogens (tertiary/aromatic N) is 3. The second-order valence-corrected chi connectivity index (χ2v) is 12.3. The lowest BCUT2D eigenvalue weighted by Gasteiger charge is -2.34. The molecule has 2 heterocycles. The monoisotopic (exact) mass is 499 g/mol. The second kappa shape index (κ2) is 7.65. The molecule has 7 heteroatoms. The largest absolute Gasteiger partial charge is 0.367 e. The summed E-state index contributed by atoms with van der Waals surface area (Å²) in [7, 11) is 0. The number of fused-ring (bicyclic) bond motifs is 10. The molecule has 6 aliphatic rings. The molecule has 0 aromatic heterocycles. The summed E-state index contributed by atoms with van der Waals surface area (Å²) in [5.74, 6) is -1.40. The summed E-state index contributed by atoms with van der Waals surface area (Å²) in [6.07, 6.45) is 10.1. The van der Waals surface area contributed by atoms with Crippen molar-refractivity contribution in [2.24, 2.45) is 47.3 Å². The molecular formula is C30H33N3O4. The van der Waals surface area contributed by atoms with Gasteiger partial charge in [-0.2, -0.15) is 0 Å². The molecule has 2 saturated carbocycles. The van der Waals surface area contributed by atoms with Gasteiger partial charge in [-0.05, 0) is 82.4 Å². The fourth-order valence-electron chi connectivity index (χ4n) is 8.49. The summed E-state index contributed by atoms with van der Waals surface area (Å²) in [5, 5.41) is 0. The first-order valence-corrected chi connectivity index (χ1v) is 13.7.